The first-order chi connectivity index (χ1) is 20.1. The number of nitrogens with zero attached hydrogens (tertiary/aromatic N) is 5. The largest absolute Gasteiger partial charge is 0.495 e. The molecule has 1 N–H and O–H groups in total. The highest BCUT2D eigenvalue weighted by molar-refractivity contribution is 5.67. The Bertz CT molecular complexity index is 1520. The number of nitro groups is 1. The molecule has 222 valence electrons. The average Bonchev–Trinajstić information content (AvgIpc) is 3.00. The van der Waals surface area contributed by atoms with E-state index in [1.54, 1.807) is 6.07 Å². The SMILES string of the molecule is CCN(CCCCOc1c(F)c(F)c(F)c(F)c1F)c1cc(CO)c(N=Nc2ccc([N+](=O)[O-])cc2C#N)cc1OC. The second-order valence-electron chi connectivity index (χ2n) is 8.62. The Morgan fingerprint density at radius 1 is 1.00 bits per heavy atom. The number of nitro benzene ring substituents is 1. The molecule has 3 aromatic rings. The topological polar surface area (TPSA) is 134 Å². The summed E-state index contributed by atoms with van der Waals surface area (Å²) in [6.45, 7) is 1.92. The van der Waals surface area contributed by atoms with Gasteiger partial charge in [0.25, 0.3) is 5.69 Å². The van der Waals surface area contributed by atoms with Crippen LogP contribution in [0.2, 0.25) is 0 Å². The van der Waals surface area contributed by atoms with E-state index >= 15 is 0 Å². The lowest BCUT2D eigenvalue weighted by atomic mass is 10.1. The highest BCUT2D eigenvalue weighted by Gasteiger charge is 2.27. The lowest BCUT2D eigenvalue weighted by molar-refractivity contribution is -0.384. The summed E-state index contributed by atoms with van der Waals surface area (Å²) in [5, 5.41) is 38.4. The number of rotatable bonds is 13. The fourth-order valence-corrected chi connectivity index (χ4v) is 3.89. The van der Waals surface area contributed by atoms with Gasteiger partial charge in [-0.1, -0.05) is 0 Å². The number of aliphatic hydroxyl groups is 1. The van der Waals surface area contributed by atoms with Gasteiger partial charge in [0, 0.05) is 36.9 Å². The van der Waals surface area contributed by atoms with E-state index in [1.165, 1.54) is 25.3 Å². The summed E-state index contributed by atoms with van der Waals surface area (Å²) >= 11 is 0. The fourth-order valence-electron chi connectivity index (χ4n) is 3.89. The van der Waals surface area contributed by atoms with Crippen LogP contribution in [0.1, 0.15) is 30.9 Å². The maximum atomic E-state index is 13.8. The smallest absolute Gasteiger partial charge is 0.270 e. The molecule has 0 spiro atoms. The number of ether oxygens (including phenoxy) is 2. The van der Waals surface area contributed by atoms with Crippen molar-refractivity contribution < 1.29 is 41.5 Å². The summed E-state index contributed by atoms with van der Waals surface area (Å²) in [5.74, 6) is -11.5. The van der Waals surface area contributed by atoms with Crippen LogP contribution in [0.5, 0.6) is 11.5 Å². The molecule has 0 heterocycles. The molecular weight excluding hydrogens is 569 g/mol. The zero-order chi connectivity index (χ0) is 31.0. The number of aliphatic hydroxyl groups excluding tert-OH is 1. The van der Waals surface area contributed by atoms with Crippen LogP contribution in [0.25, 0.3) is 0 Å². The first-order valence-corrected chi connectivity index (χ1v) is 12.4. The Labute approximate surface area is 236 Å². The lowest BCUT2D eigenvalue weighted by Crippen LogP contribution is -2.25. The molecule has 0 aliphatic heterocycles. The fraction of sp³-hybridized carbons (Fsp3) is 0.296. The Morgan fingerprint density at radius 3 is 2.21 bits per heavy atom. The monoisotopic (exact) mass is 593 g/mol. The number of halogens is 5. The molecule has 0 aromatic heterocycles. The third-order valence-electron chi connectivity index (χ3n) is 6.09. The second-order valence-corrected chi connectivity index (χ2v) is 8.62. The van der Waals surface area contributed by atoms with Crippen LogP contribution in [0.4, 0.5) is 44.7 Å². The van der Waals surface area contributed by atoms with Gasteiger partial charge in [-0.25, -0.2) is 13.2 Å². The van der Waals surface area contributed by atoms with E-state index in [2.05, 4.69) is 10.2 Å². The number of nitriles is 1. The molecule has 0 atom stereocenters. The normalized spacial score (nSPS) is 11.0. The molecular formula is C27H24F5N5O5. The molecule has 0 saturated heterocycles. The van der Waals surface area contributed by atoms with E-state index in [9.17, 15) is 42.4 Å². The zero-order valence-corrected chi connectivity index (χ0v) is 22.3. The first-order valence-electron chi connectivity index (χ1n) is 12.4. The molecule has 0 saturated carbocycles. The van der Waals surface area contributed by atoms with Crippen molar-refractivity contribution >= 4 is 22.7 Å². The minimum absolute atomic E-state index is 0.0663. The van der Waals surface area contributed by atoms with E-state index in [4.69, 9.17) is 9.47 Å². The Balaban J connectivity index is 1.74. The van der Waals surface area contributed by atoms with Crippen LogP contribution in [0.15, 0.2) is 40.6 Å². The summed E-state index contributed by atoms with van der Waals surface area (Å²) in [6.07, 6.45) is 0.591. The number of hydrogen-bond donors (Lipinski definition) is 1. The highest BCUT2D eigenvalue weighted by atomic mass is 19.2. The quantitative estimate of drug-likeness (QED) is 0.0440. The van der Waals surface area contributed by atoms with E-state index in [1.807, 2.05) is 17.9 Å². The van der Waals surface area contributed by atoms with Crippen molar-refractivity contribution in [2.75, 3.05) is 31.7 Å². The Hall–Kier alpha value is -4.84. The van der Waals surface area contributed by atoms with Gasteiger partial charge in [-0.05, 0) is 31.9 Å². The van der Waals surface area contributed by atoms with Crippen molar-refractivity contribution in [2.24, 2.45) is 10.2 Å². The Morgan fingerprint density at radius 2 is 1.64 bits per heavy atom. The van der Waals surface area contributed by atoms with Gasteiger partial charge in [-0.3, -0.25) is 10.1 Å². The van der Waals surface area contributed by atoms with E-state index in [0.29, 0.717) is 36.5 Å². The van der Waals surface area contributed by atoms with Crippen molar-refractivity contribution in [1.82, 2.24) is 0 Å². The van der Waals surface area contributed by atoms with Gasteiger partial charge >= 0.3 is 0 Å². The summed E-state index contributed by atoms with van der Waals surface area (Å²) < 4.78 is 77.9. The molecule has 0 aliphatic carbocycles. The van der Waals surface area contributed by atoms with Gasteiger partial charge in [0.1, 0.15) is 17.5 Å². The highest BCUT2D eigenvalue weighted by Crippen LogP contribution is 2.37. The molecule has 0 unspecified atom stereocenters. The van der Waals surface area contributed by atoms with E-state index in [-0.39, 0.29) is 35.7 Å². The molecule has 42 heavy (non-hydrogen) atoms. The molecule has 0 aliphatic rings. The van der Waals surface area contributed by atoms with Gasteiger partial charge in [0.05, 0.1) is 42.2 Å². The van der Waals surface area contributed by atoms with Crippen molar-refractivity contribution in [3.8, 4) is 17.6 Å². The predicted octanol–water partition coefficient (Wildman–Crippen LogP) is 6.76. The summed E-state index contributed by atoms with van der Waals surface area (Å²) in [7, 11) is 1.41. The maximum Gasteiger partial charge on any atom is 0.270 e. The lowest BCUT2D eigenvalue weighted by Gasteiger charge is -2.26. The number of azo groups is 1. The van der Waals surface area contributed by atoms with Crippen LogP contribution in [-0.4, -0.2) is 36.8 Å². The van der Waals surface area contributed by atoms with Gasteiger partial charge in [0.15, 0.2) is 5.75 Å². The minimum Gasteiger partial charge on any atom is -0.495 e. The van der Waals surface area contributed by atoms with Crippen LogP contribution in [-0.2, 0) is 6.61 Å². The van der Waals surface area contributed by atoms with Crippen LogP contribution in [0, 0.1) is 50.5 Å². The zero-order valence-electron chi connectivity index (χ0n) is 22.3. The van der Waals surface area contributed by atoms with Crippen molar-refractivity contribution in [3.63, 3.8) is 0 Å². The van der Waals surface area contributed by atoms with Crippen molar-refractivity contribution in [1.29, 1.82) is 5.26 Å². The number of anilines is 1. The van der Waals surface area contributed by atoms with Gasteiger partial charge in [-0.2, -0.15) is 14.0 Å². The number of hydrogen-bond acceptors (Lipinski definition) is 9. The number of benzene rings is 3. The number of non-ortho nitro benzene ring substituents is 1. The second kappa shape index (κ2) is 14.2. The summed E-state index contributed by atoms with van der Waals surface area (Å²) in [6, 6.07) is 8.48. The number of unbranched alkanes of at least 4 members (excludes halogenated alkanes) is 1. The summed E-state index contributed by atoms with van der Waals surface area (Å²) in [4.78, 5) is 12.2. The van der Waals surface area contributed by atoms with Crippen LogP contribution >= 0.6 is 0 Å². The standard InChI is InChI=1S/C27H24F5N5O5/c1-3-36(8-4-5-9-42-27-25(31)23(29)22(28)24(30)26(27)32)20-11-16(14-38)19(12-21(20)41-2)35-34-18-7-6-17(37(39)40)10-15(18)13-33/h6-7,10-12,38H,3-5,8-9,14H2,1-2H3. The van der Waals surface area contributed by atoms with Crippen LogP contribution in [0.3, 0.4) is 0 Å². The van der Waals surface area contributed by atoms with Gasteiger partial charge < -0.3 is 19.5 Å². The molecule has 3 rings (SSSR count). The average molecular weight is 594 g/mol. The number of methoxy groups -OCH3 is 1. The third kappa shape index (κ3) is 6.89. The molecule has 0 amide bonds. The van der Waals surface area contributed by atoms with E-state index in [0.717, 1.165) is 6.07 Å². The molecule has 0 bridgehead atoms. The van der Waals surface area contributed by atoms with Crippen molar-refractivity contribution in [3.05, 3.63) is 80.7 Å². The maximum absolute atomic E-state index is 13.8. The molecule has 10 nitrogen and oxygen atoms in total. The van der Waals surface area contributed by atoms with Crippen molar-refractivity contribution in [2.45, 2.75) is 26.4 Å². The van der Waals surface area contributed by atoms with Gasteiger partial charge in [-0.15, -0.1) is 10.2 Å². The molecule has 0 radical (unpaired) electrons. The van der Waals surface area contributed by atoms with Gasteiger partial charge in [0.2, 0.25) is 29.1 Å². The molecule has 0 fully saturated rings. The Kier molecular flexibility index (Phi) is 10.7. The van der Waals surface area contributed by atoms with Crippen LogP contribution < -0.4 is 14.4 Å². The summed E-state index contributed by atoms with van der Waals surface area (Å²) in [5.41, 5.74) is 0.866. The third-order valence-corrected chi connectivity index (χ3v) is 6.09. The molecule has 15 heteroatoms. The van der Waals surface area contributed by atoms with E-state index < -0.39 is 46.4 Å². The first kappa shape index (κ1) is 31.7. The predicted molar refractivity (Wildman–Crippen MR) is 140 cm³/mol. The molecule has 3 aromatic carbocycles. The minimum atomic E-state index is -2.27.